The first-order valence-electron chi connectivity index (χ1n) is 17.8. The Balaban J connectivity index is 1.16. The molecule has 0 bridgehead atoms. The predicted octanol–water partition coefficient (Wildman–Crippen LogP) is 8.36. The van der Waals surface area contributed by atoms with Crippen molar-refractivity contribution in [3.05, 3.63) is 92.7 Å². The number of halogens is 4. The van der Waals surface area contributed by atoms with Crippen LogP contribution in [0.1, 0.15) is 41.7 Å². The smallest absolute Gasteiger partial charge is 0.508 e. The fourth-order valence-corrected chi connectivity index (χ4v) is 11.5. The zero-order chi connectivity index (χ0) is 39.6. The van der Waals surface area contributed by atoms with Crippen molar-refractivity contribution < 1.29 is 42.2 Å². The van der Waals surface area contributed by atoms with Crippen LogP contribution in [0.4, 0.5) is 19.0 Å². The number of imide groups is 2. The third kappa shape index (κ3) is 5.45. The van der Waals surface area contributed by atoms with Crippen LogP contribution in [0.5, 0.6) is 11.5 Å². The molecular formula is C40H32ClF3N4O6S2. The Kier molecular flexibility index (Phi) is 8.35. The van der Waals surface area contributed by atoms with Crippen LogP contribution in [-0.2, 0) is 32.8 Å². The number of fused-ring (bicyclic) bond motifs is 5. The average Bonchev–Trinajstić information content (AvgIpc) is 3.95. The molecule has 56 heavy (non-hydrogen) atoms. The highest BCUT2D eigenvalue weighted by Crippen LogP contribution is 2.64. The number of aromatic nitrogens is 2. The summed E-state index contributed by atoms with van der Waals surface area (Å²) in [5, 5.41) is 19.4. The van der Waals surface area contributed by atoms with E-state index in [1.54, 1.807) is 32.2 Å². The second kappa shape index (κ2) is 12.8. The molecule has 2 saturated heterocycles. The monoisotopic (exact) mass is 820 g/mol. The molecule has 5 aromatic rings. The van der Waals surface area contributed by atoms with Crippen LogP contribution in [0, 0.1) is 36.0 Å². The summed E-state index contributed by atoms with van der Waals surface area (Å²) in [6, 6.07) is 13.9. The lowest BCUT2D eigenvalue weighted by Gasteiger charge is -2.49. The number of phenols is 1. The van der Waals surface area contributed by atoms with Crippen LogP contribution < -0.4 is 9.64 Å². The number of rotatable bonds is 6. The number of carbonyl (C=O) groups is 4. The molecule has 6 atom stereocenters. The van der Waals surface area contributed by atoms with E-state index in [0.717, 1.165) is 48.5 Å². The summed E-state index contributed by atoms with van der Waals surface area (Å²) in [5.74, 6) is -7.41. The summed E-state index contributed by atoms with van der Waals surface area (Å²) in [6.45, 7) is 3.62. The van der Waals surface area contributed by atoms with Crippen molar-refractivity contribution >= 4 is 73.8 Å². The van der Waals surface area contributed by atoms with Crippen molar-refractivity contribution in [1.82, 2.24) is 14.7 Å². The molecule has 0 radical (unpaired) electrons. The fraction of sp³-hybridized carbons (Fsp3) is 0.325. The molecule has 1 saturated carbocycles. The summed E-state index contributed by atoms with van der Waals surface area (Å²) in [7, 11) is 1.61. The van der Waals surface area contributed by atoms with Crippen LogP contribution in [0.15, 0.2) is 71.6 Å². The van der Waals surface area contributed by atoms with E-state index < -0.39 is 70.6 Å². The SMILES string of the molecule is Cc1c(-c2cc(N3C(=O)C4CC5C(=CCC6C(=O)N(Cc7cccs7)C(=O)C65)C(c5cc(OC(F)(F)F)ccc5O)C4(C)C3=O)n(C)n2)sc2ccc(Cl)cc12. The second-order valence-corrected chi connectivity index (χ2v) is 17.5. The lowest BCUT2D eigenvalue weighted by atomic mass is 9.51. The Bertz CT molecular complexity index is 2550. The Labute approximate surface area is 330 Å². The molecule has 5 heterocycles. The highest BCUT2D eigenvalue weighted by atomic mass is 35.5. The van der Waals surface area contributed by atoms with Gasteiger partial charge in [-0.25, -0.2) is 4.90 Å². The number of allylic oxidation sites excluding steroid dienone is 2. The van der Waals surface area contributed by atoms with Gasteiger partial charge in [-0.2, -0.15) is 5.10 Å². The number of anilines is 1. The third-order valence-electron chi connectivity index (χ3n) is 12.0. The number of nitrogens with zero attached hydrogens (tertiary/aromatic N) is 4. The maximum Gasteiger partial charge on any atom is 0.573 e. The lowest BCUT2D eigenvalue weighted by Crippen LogP contribution is -2.49. The zero-order valence-electron chi connectivity index (χ0n) is 30.0. The number of thiophene rings is 2. The Morgan fingerprint density at radius 3 is 2.55 bits per heavy atom. The van der Waals surface area contributed by atoms with Crippen molar-refractivity contribution in [3.8, 4) is 22.1 Å². The van der Waals surface area contributed by atoms with Crippen molar-refractivity contribution in [2.45, 2.75) is 45.5 Å². The van der Waals surface area contributed by atoms with Crippen molar-refractivity contribution in [2.75, 3.05) is 4.90 Å². The van der Waals surface area contributed by atoms with E-state index >= 15 is 4.79 Å². The minimum absolute atomic E-state index is 0.0212. The molecule has 3 aromatic heterocycles. The fourth-order valence-electron chi connectivity index (χ4n) is 9.53. The van der Waals surface area contributed by atoms with Crippen molar-refractivity contribution in [3.63, 3.8) is 0 Å². The quantitative estimate of drug-likeness (QED) is 0.135. The molecule has 4 aliphatic rings. The van der Waals surface area contributed by atoms with E-state index in [9.17, 15) is 32.7 Å². The summed E-state index contributed by atoms with van der Waals surface area (Å²) in [6.07, 6.45) is -3.13. The van der Waals surface area contributed by atoms with Gasteiger partial charge in [0.25, 0.3) is 0 Å². The van der Waals surface area contributed by atoms with E-state index in [0.29, 0.717) is 16.3 Å². The summed E-state index contributed by atoms with van der Waals surface area (Å²) in [5.41, 5.74) is 0.246. The number of carbonyl (C=O) groups excluding carboxylic acids is 4. The van der Waals surface area contributed by atoms with Crippen molar-refractivity contribution in [1.29, 1.82) is 0 Å². The van der Waals surface area contributed by atoms with Gasteiger partial charge in [0.1, 0.15) is 23.0 Å². The number of aromatic hydroxyl groups is 1. The molecule has 10 nitrogen and oxygen atoms in total. The highest BCUT2D eigenvalue weighted by Gasteiger charge is 2.68. The van der Waals surface area contributed by atoms with Crippen LogP contribution in [-0.4, -0.2) is 49.8 Å². The number of hydrogen-bond donors (Lipinski definition) is 1. The van der Waals surface area contributed by atoms with E-state index in [1.165, 1.54) is 32.3 Å². The summed E-state index contributed by atoms with van der Waals surface area (Å²) in [4.78, 5) is 61.9. The van der Waals surface area contributed by atoms with Crippen LogP contribution in [0.2, 0.25) is 5.02 Å². The molecule has 16 heteroatoms. The molecule has 288 valence electrons. The Morgan fingerprint density at radius 2 is 1.82 bits per heavy atom. The first kappa shape index (κ1) is 36.6. The molecule has 2 aliphatic heterocycles. The molecule has 3 fully saturated rings. The number of ether oxygens (including phenoxy) is 1. The molecule has 9 rings (SSSR count). The van der Waals surface area contributed by atoms with Gasteiger partial charge in [0.05, 0.1) is 34.6 Å². The number of phenolic OH excluding ortho intramolecular Hbond substituents is 1. The minimum Gasteiger partial charge on any atom is -0.508 e. The molecule has 6 unspecified atom stereocenters. The van der Waals surface area contributed by atoms with Crippen LogP contribution in [0.3, 0.4) is 0 Å². The Morgan fingerprint density at radius 1 is 1.04 bits per heavy atom. The van der Waals surface area contributed by atoms with Gasteiger partial charge in [-0.05, 0) is 91.4 Å². The standard InChI is InChI=1S/C40H32ClF3N4O6S2/c1-18-24-13-19(41)6-11-30(24)56-34(18)28-16-31(46(3)45-28)48-36(51)27-15-25-22(8-9-23-32(25)37(52)47(35(23)50)17-21-5-4-12-55-21)33(39(27,2)38(48)53)26-14-20(7-10-29(26)49)54-40(42,43)44/h4-8,10-14,16,23,25,27,32-33,49H,9,15,17H2,1-3H3. The molecular weight excluding hydrogens is 789 g/mol. The minimum atomic E-state index is -5.05. The Hall–Kier alpha value is -4.99. The van der Waals surface area contributed by atoms with Gasteiger partial charge in [-0.15, -0.1) is 35.8 Å². The maximum absolute atomic E-state index is 15.1. The van der Waals surface area contributed by atoms with E-state index in [2.05, 4.69) is 4.74 Å². The molecule has 2 aliphatic carbocycles. The van der Waals surface area contributed by atoms with Crippen LogP contribution in [0.25, 0.3) is 20.7 Å². The van der Waals surface area contributed by atoms with Gasteiger partial charge in [0.15, 0.2) is 0 Å². The molecule has 1 N–H and O–H groups in total. The normalized spacial score (nSPS) is 26.2. The first-order chi connectivity index (χ1) is 26.6. The number of amides is 4. The van der Waals surface area contributed by atoms with Gasteiger partial charge >= 0.3 is 6.36 Å². The second-order valence-electron chi connectivity index (χ2n) is 15.0. The summed E-state index contributed by atoms with van der Waals surface area (Å²) < 4.78 is 47.2. The maximum atomic E-state index is 15.1. The van der Waals surface area contributed by atoms with E-state index in [4.69, 9.17) is 16.7 Å². The topological polar surface area (TPSA) is 122 Å². The summed E-state index contributed by atoms with van der Waals surface area (Å²) >= 11 is 9.18. The number of benzene rings is 2. The molecule has 0 spiro atoms. The highest BCUT2D eigenvalue weighted by molar-refractivity contribution is 7.22. The van der Waals surface area contributed by atoms with E-state index in [-0.39, 0.29) is 36.7 Å². The number of likely N-dealkylation sites (tertiary alicyclic amines) is 1. The molecule has 2 aromatic carbocycles. The van der Waals surface area contributed by atoms with Gasteiger partial charge in [0, 0.05) is 39.2 Å². The van der Waals surface area contributed by atoms with Gasteiger partial charge in [-0.3, -0.25) is 28.8 Å². The number of alkyl halides is 3. The third-order valence-corrected chi connectivity index (χ3v) is 14.4. The average molecular weight is 821 g/mol. The van der Waals surface area contributed by atoms with Gasteiger partial charge < -0.3 is 9.84 Å². The number of aryl methyl sites for hydroxylation is 2. The van der Waals surface area contributed by atoms with Crippen LogP contribution >= 0.6 is 34.3 Å². The first-order valence-corrected chi connectivity index (χ1v) is 19.9. The zero-order valence-corrected chi connectivity index (χ0v) is 32.4. The molecule has 4 amide bonds. The lowest BCUT2D eigenvalue weighted by molar-refractivity contribution is -0.274. The van der Waals surface area contributed by atoms with Gasteiger partial charge in [0.2, 0.25) is 23.6 Å². The number of hydrogen-bond acceptors (Lipinski definition) is 9. The van der Waals surface area contributed by atoms with Crippen molar-refractivity contribution in [2.24, 2.45) is 36.1 Å². The largest absolute Gasteiger partial charge is 0.573 e. The van der Waals surface area contributed by atoms with Gasteiger partial charge in [-0.1, -0.05) is 29.3 Å². The van der Waals surface area contributed by atoms with E-state index in [1.807, 2.05) is 36.6 Å². The predicted molar refractivity (Wildman–Crippen MR) is 203 cm³/mol.